The number of nitrogen functional groups attached to an aromatic ring is 1. The largest absolute Gasteiger partial charge is 0.384 e. The van der Waals surface area contributed by atoms with Crippen LogP contribution in [0, 0.1) is 12.3 Å². The molecule has 19 heavy (non-hydrogen) atoms. The highest BCUT2D eigenvalue weighted by molar-refractivity contribution is 5.95. The molecule has 0 aliphatic rings. The molecule has 4 heteroatoms. The lowest BCUT2D eigenvalue weighted by molar-refractivity contribution is 0.874. The Morgan fingerprint density at radius 1 is 1.32 bits per heavy atom. The van der Waals surface area contributed by atoms with Gasteiger partial charge in [-0.05, 0) is 30.7 Å². The van der Waals surface area contributed by atoms with Crippen molar-refractivity contribution in [1.29, 1.82) is 5.41 Å². The Kier molecular flexibility index (Phi) is 3.80. The molecule has 0 radical (unpaired) electrons. The second-order valence-corrected chi connectivity index (χ2v) is 4.59. The minimum Gasteiger partial charge on any atom is -0.384 e. The monoisotopic (exact) mass is 254 g/mol. The molecule has 0 saturated heterocycles. The zero-order valence-corrected chi connectivity index (χ0v) is 11.2. The molecule has 2 rings (SSSR count). The number of rotatable bonds is 4. The molecule has 0 amide bonds. The molecule has 0 bridgehead atoms. The normalized spacial score (nSPS) is 10.2. The molecule has 0 aliphatic carbocycles. The zero-order chi connectivity index (χ0) is 13.8. The first kappa shape index (κ1) is 13.1. The number of aryl methyl sites for hydroxylation is 1. The van der Waals surface area contributed by atoms with Crippen LogP contribution in [0.15, 0.2) is 42.6 Å². The average molecular weight is 254 g/mol. The molecule has 1 heterocycles. The van der Waals surface area contributed by atoms with Crippen LogP contribution in [0.25, 0.3) is 0 Å². The van der Waals surface area contributed by atoms with Gasteiger partial charge in [0, 0.05) is 24.5 Å². The number of hydrogen-bond donors (Lipinski definition) is 2. The first-order chi connectivity index (χ1) is 9.08. The maximum atomic E-state index is 7.48. The topological polar surface area (TPSA) is 66.0 Å². The second-order valence-electron chi connectivity index (χ2n) is 4.59. The van der Waals surface area contributed by atoms with Gasteiger partial charge in [0.1, 0.15) is 5.84 Å². The van der Waals surface area contributed by atoms with Gasteiger partial charge in [0.25, 0.3) is 0 Å². The van der Waals surface area contributed by atoms with Gasteiger partial charge in [0.05, 0.1) is 12.2 Å². The Labute approximate surface area is 113 Å². The van der Waals surface area contributed by atoms with Gasteiger partial charge in [-0.1, -0.05) is 18.2 Å². The fourth-order valence-corrected chi connectivity index (χ4v) is 1.91. The maximum Gasteiger partial charge on any atom is 0.122 e. The lowest BCUT2D eigenvalue weighted by Gasteiger charge is -2.20. The molecule has 0 saturated carbocycles. The summed E-state index contributed by atoms with van der Waals surface area (Å²) in [6.07, 6.45) is 1.81. The van der Waals surface area contributed by atoms with Crippen LogP contribution in [0.4, 0.5) is 5.69 Å². The Morgan fingerprint density at radius 2 is 2.11 bits per heavy atom. The standard InChI is InChI=1S/C15H18N4/c1-11-5-4-8-18-14(11)10-19(2)13-7-3-6-12(9-13)15(16)17/h3-9H,10H2,1-2H3,(H3,16,17). The highest BCUT2D eigenvalue weighted by atomic mass is 15.1. The number of hydrogen-bond acceptors (Lipinski definition) is 3. The van der Waals surface area contributed by atoms with Crippen molar-refractivity contribution in [3.8, 4) is 0 Å². The van der Waals surface area contributed by atoms with E-state index in [1.807, 2.05) is 43.6 Å². The Morgan fingerprint density at radius 3 is 2.79 bits per heavy atom. The van der Waals surface area contributed by atoms with Crippen molar-refractivity contribution in [3.63, 3.8) is 0 Å². The van der Waals surface area contributed by atoms with Gasteiger partial charge in [0.2, 0.25) is 0 Å². The lowest BCUT2D eigenvalue weighted by atomic mass is 10.1. The number of benzene rings is 1. The van der Waals surface area contributed by atoms with Crippen LogP contribution in [-0.2, 0) is 6.54 Å². The van der Waals surface area contributed by atoms with E-state index < -0.39 is 0 Å². The summed E-state index contributed by atoms with van der Waals surface area (Å²) in [7, 11) is 2.01. The molecule has 4 nitrogen and oxygen atoms in total. The molecule has 1 aromatic carbocycles. The molecule has 0 fully saturated rings. The summed E-state index contributed by atoms with van der Waals surface area (Å²) in [6.45, 7) is 2.79. The number of aromatic nitrogens is 1. The molecule has 0 aliphatic heterocycles. The quantitative estimate of drug-likeness (QED) is 0.650. The molecule has 0 atom stereocenters. The van der Waals surface area contributed by atoms with Gasteiger partial charge in [0.15, 0.2) is 0 Å². The lowest BCUT2D eigenvalue weighted by Crippen LogP contribution is -2.19. The number of anilines is 1. The molecule has 0 unspecified atom stereocenters. The minimum absolute atomic E-state index is 0.0873. The van der Waals surface area contributed by atoms with Gasteiger partial charge in [-0.2, -0.15) is 0 Å². The van der Waals surface area contributed by atoms with E-state index in [0.717, 1.165) is 23.5 Å². The zero-order valence-electron chi connectivity index (χ0n) is 11.2. The summed E-state index contributed by atoms with van der Waals surface area (Å²) in [5.41, 5.74) is 9.51. The third kappa shape index (κ3) is 3.10. The van der Waals surface area contributed by atoms with E-state index in [2.05, 4.69) is 22.9 Å². The van der Waals surface area contributed by atoms with Crippen molar-refractivity contribution in [3.05, 3.63) is 59.4 Å². The van der Waals surface area contributed by atoms with Crippen molar-refractivity contribution >= 4 is 11.5 Å². The van der Waals surface area contributed by atoms with Crippen LogP contribution in [-0.4, -0.2) is 17.9 Å². The van der Waals surface area contributed by atoms with Crippen molar-refractivity contribution < 1.29 is 0 Å². The van der Waals surface area contributed by atoms with E-state index in [1.54, 1.807) is 0 Å². The summed E-state index contributed by atoms with van der Waals surface area (Å²) in [5, 5.41) is 7.48. The van der Waals surface area contributed by atoms with Crippen LogP contribution in [0.3, 0.4) is 0 Å². The van der Waals surface area contributed by atoms with E-state index in [4.69, 9.17) is 11.1 Å². The first-order valence-corrected chi connectivity index (χ1v) is 6.14. The molecule has 2 aromatic rings. The van der Waals surface area contributed by atoms with Gasteiger partial charge < -0.3 is 10.6 Å². The number of nitrogens with two attached hydrogens (primary N) is 1. The van der Waals surface area contributed by atoms with Crippen LogP contribution in [0.5, 0.6) is 0 Å². The van der Waals surface area contributed by atoms with Gasteiger partial charge in [-0.25, -0.2) is 0 Å². The van der Waals surface area contributed by atoms with Crippen molar-refractivity contribution in [2.45, 2.75) is 13.5 Å². The Balaban J connectivity index is 2.20. The molecular formula is C15H18N4. The van der Waals surface area contributed by atoms with E-state index >= 15 is 0 Å². The smallest absolute Gasteiger partial charge is 0.122 e. The predicted molar refractivity (Wildman–Crippen MR) is 78.5 cm³/mol. The summed E-state index contributed by atoms with van der Waals surface area (Å²) in [5.74, 6) is 0.0873. The summed E-state index contributed by atoms with van der Waals surface area (Å²) in [6, 6.07) is 11.7. The predicted octanol–water partition coefficient (Wildman–Crippen LogP) is 2.31. The van der Waals surface area contributed by atoms with Gasteiger partial charge >= 0.3 is 0 Å². The van der Waals surface area contributed by atoms with Crippen molar-refractivity contribution in [2.75, 3.05) is 11.9 Å². The molecule has 1 aromatic heterocycles. The third-order valence-electron chi connectivity index (χ3n) is 3.10. The van der Waals surface area contributed by atoms with Crippen molar-refractivity contribution in [2.24, 2.45) is 5.73 Å². The number of nitrogens with one attached hydrogen (secondary N) is 1. The molecule has 98 valence electrons. The first-order valence-electron chi connectivity index (χ1n) is 6.14. The van der Waals surface area contributed by atoms with Crippen LogP contribution in [0.2, 0.25) is 0 Å². The van der Waals surface area contributed by atoms with E-state index in [9.17, 15) is 0 Å². The van der Waals surface area contributed by atoms with Crippen LogP contribution < -0.4 is 10.6 Å². The Hall–Kier alpha value is -2.36. The highest BCUT2D eigenvalue weighted by Crippen LogP contribution is 2.17. The van der Waals surface area contributed by atoms with Gasteiger partial charge in [-0.3, -0.25) is 10.4 Å². The minimum atomic E-state index is 0.0873. The maximum absolute atomic E-state index is 7.48. The molecule has 3 N–H and O–H groups in total. The van der Waals surface area contributed by atoms with E-state index in [1.165, 1.54) is 5.56 Å². The Bertz CT molecular complexity index is 592. The molecule has 0 spiro atoms. The number of pyridine rings is 1. The number of nitrogens with zero attached hydrogens (tertiary/aromatic N) is 2. The molecular weight excluding hydrogens is 236 g/mol. The van der Waals surface area contributed by atoms with Crippen molar-refractivity contribution in [1.82, 2.24) is 4.98 Å². The average Bonchev–Trinajstić information content (AvgIpc) is 2.41. The highest BCUT2D eigenvalue weighted by Gasteiger charge is 2.06. The summed E-state index contributed by atoms with van der Waals surface area (Å²) >= 11 is 0. The van der Waals surface area contributed by atoms with Crippen LogP contribution >= 0.6 is 0 Å². The summed E-state index contributed by atoms with van der Waals surface area (Å²) in [4.78, 5) is 6.49. The fraction of sp³-hybridized carbons (Fsp3) is 0.200. The fourth-order valence-electron chi connectivity index (χ4n) is 1.91. The van der Waals surface area contributed by atoms with Crippen LogP contribution in [0.1, 0.15) is 16.8 Å². The SMILES string of the molecule is Cc1cccnc1CN(C)c1cccc(C(=N)N)c1. The number of amidine groups is 1. The van der Waals surface area contributed by atoms with E-state index in [-0.39, 0.29) is 5.84 Å². The van der Waals surface area contributed by atoms with E-state index in [0.29, 0.717) is 0 Å². The third-order valence-corrected chi connectivity index (χ3v) is 3.10. The summed E-state index contributed by atoms with van der Waals surface area (Å²) < 4.78 is 0. The van der Waals surface area contributed by atoms with Gasteiger partial charge in [-0.15, -0.1) is 0 Å². The second kappa shape index (κ2) is 5.52.